The predicted octanol–water partition coefficient (Wildman–Crippen LogP) is 2.18. The number of hydrogen-bond acceptors (Lipinski definition) is 2. The fourth-order valence-corrected chi connectivity index (χ4v) is 1.18. The first kappa shape index (κ1) is 9.48. The number of hydrogen-bond donors (Lipinski definition) is 2. The molecule has 0 saturated carbocycles. The molecule has 1 rings (SSSR count). The lowest BCUT2D eigenvalue weighted by Crippen LogP contribution is -2.17. The zero-order chi connectivity index (χ0) is 8.97. The Balaban J connectivity index is 2.75. The second-order valence-electron chi connectivity index (χ2n) is 2.33. The van der Waals surface area contributed by atoms with Crippen molar-refractivity contribution in [3.05, 3.63) is 28.5 Å². The van der Waals surface area contributed by atoms with Crippen molar-refractivity contribution in [3.63, 3.8) is 0 Å². The van der Waals surface area contributed by atoms with E-state index in [1.54, 1.807) is 19.2 Å². The highest BCUT2D eigenvalue weighted by atomic mass is 79.9. The highest BCUT2D eigenvalue weighted by Crippen LogP contribution is 2.19. The molecule has 0 aliphatic heterocycles. The third-order valence-electron chi connectivity index (χ3n) is 1.38. The van der Waals surface area contributed by atoms with Crippen LogP contribution in [-0.2, 0) is 0 Å². The molecule has 0 unspecified atom stereocenters. The molecule has 2 N–H and O–H groups in total. The van der Waals surface area contributed by atoms with Gasteiger partial charge in [0, 0.05) is 4.47 Å². The smallest absolute Gasteiger partial charge is 0.146 e. The van der Waals surface area contributed by atoms with Crippen molar-refractivity contribution in [2.45, 2.75) is 0 Å². The Hall–Kier alpha value is -0.610. The number of nitrogens with one attached hydrogen (secondary N) is 2. The van der Waals surface area contributed by atoms with Crippen LogP contribution in [0.25, 0.3) is 0 Å². The maximum absolute atomic E-state index is 13.0. The summed E-state index contributed by atoms with van der Waals surface area (Å²) < 4.78 is 13.8. The van der Waals surface area contributed by atoms with Crippen LogP contribution in [0.15, 0.2) is 22.7 Å². The van der Waals surface area contributed by atoms with E-state index >= 15 is 0 Å². The minimum absolute atomic E-state index is 0.242. The van der Waals surface area contributed by atoms with Crippen molar-refractivity contribution >= 4 is 21.6 Å². The van der Waals surface area contributed by atoms with Gasteiger partial charge < -0.3 is 10.6 Å². The summed E-state index contributed by atoms with van der Waals surface area (Å²) in [6.07, 6.45) is 0. The number of anilines is 1. The average Bonchev–Trinajstić information content (AvgIpc) is 2.07. The van der Waals surface area contributed by atoms with Gasteiger partial charge in [0.2, 0.25) is 0 Å². The standard InChI is InChI=1S/C8H10BrFN2/c1-11-5-12-8-4-6(9)2-3-7(8)10/h2-4,11-12H,5H2,1H3. The highest BCUT2D eigenvalue weighted by molar-refractivity contribution is 9.10. The molecule has 0 bridgehead atoms. The van der Waals surface area contributed by atoms with Gasteiger partial charge >= 0.3 is 0 Å². The lowest BCUT2D eigenvalue weighted by Gasteiger charge is -2.06. The minimum Gasteiger partial charge on any atom is -0.370 e. The average molecular weight is 233 g/mol. The van der Waals surface area contributed by atoms with Gasteiger partial charge in [0.15, 0.2) is 0 Å². The molecule has 1 aromatic carbocycles. The molecule has 12 heavy (non-hydrogen) atoms. The van der Waals surface area contributed by atoms with E-state index < -0.39 is 0 Å². The van der Waals surface area contributed by atoms with Gasteiger partial charge in [0.25, 0.3) is 0 Å². The van der Waals surface area contributed by atoms with Gasteiger partial charge in [-0.25, -0.2) is 4.39 Å². The summed E-state index contributed by atoms with van der Waals surface area (Å²) in [6, 6.07) is 4.79. The Bertz CT molecular complexity index is 265. The topological polar surface area (TPSA) is 24.1 Å². The van der Waals surface area contributed by atoms with Crippen LogP contribution in [0.4, 0.5) is 10.1 Å². The van der Waals surface area contributed by atoms with Crippen molar-refractivity contribution in [3.8, 4) is 0 Å². The fourth-order valence-electron chi connectivity index (χ4n) is 0.817. The van der Waals surface area contributed by atoms with E-state index in [9.17, 15) is 4.39 Å². The van der Waals surface area contributed by atoms with Gasteiger partial charge in [-0.05, 0) is 25.2 Å². The van der Waals surface area contributed by atoms with Crippen molar-refractivity contribution in [2.75, 3.05) is 19.0 Å². The lowest BCUT2D eigenvalue weighted by atomic mass is 10.3. The monoisotopic (exact) mass is 232 g/mol. The van der Waals surface area contributed by atoms with Gasteiger partial charge in [-0.1, -0.05) is 15.9 Å². The summed E-state index contributed by atoms with van der Waals surface area (Å²) in [5, 5.41) is 5.76. The van der Waals surface area contributed by atoms with E-state index in [0.29, 0.717) is 12.4 Å². The molecule has 0 radical (unpaired) electrons. The Labute approximate surface area is 79.3 Å². The molecule has 1 aromatic rings. The van der Waals surface area contributed by atoms with E-state index in [2.05, 4.69) is 26.6 Å². The van der Waals surface area contributed by atoms with Crippen LogP contribution in [-0.4, -0.2) is 13.7 Å². The van der Waals surface area contributed by atoms with E-state index in [1.807, 2.05) is 0 Å². The molecule has 0 aromatic heterocycles. The molecule has 2 nitrogen and oxygen atoms in total. The molecule has 0 aliphatic carbocycles. The van der Waals surface area contributed by atoms with Crippen molar-refractivity contribution in [1.82, 2.24) is 5.32 Å². The first-order valence-corrected chi connectivity index (χ1v) is 4.37. The molecular formula is C8H10BrFN2. The number of benzene rings is 1. The third kappa shape index (κ3) is 2.46. The Kier molecular flexibility index (Phi) is 3.49. The summed E-state index contributed by atoms with van der Waals surface area (Å²) in [4.78, 5) is 0. The van der Waals surface area contributed by atoms with E-state index in [-0.39, 0.29) is 5.82 Å². The van der Waals surface area contributed by atoms with Crippen LogP contribution in [0.5, 0.6) is 0 Å². The van der Waals surface area contributed by atoms with Gasteiger partial charge in [-0.3, -0.25) is 0 Å². The maximum Gasteiger partial charge on any atom is 0.146 e. The normalized spacial score (nSPS) is 9.92. The van der Waals surface area contributed by atoms with Gasteiger partial charge in [0.1, 0.15) is 5.82 Å². The molecule has 0 aliphatic rings. The first-order chi connectivity index (χ1) is 5.74. The molecule has 0 saturated heterocycles. The van der Waals surface area contributed by atoms with Crippen LogP contribution in [0.3, 0.4) is 0 Å². The molecule has 0 spiro atoms. The van der Waals surface area contributed by atoms with E-state index in [1.165, 1.54) is 6.07 Å². The van der Waals surface area contributed by atoms with E-state index in [4.69, 9.17) is 0 Å². The van der Waals surface area contributed by atoms with Crippen LogP contribution < -0.4 is 10.6 Å². The summed E-state index contributed by atoms with van der Waals surface area (Å²) >= 11 is 3.26. The lowest BCUT2D eigenvalue weighted by molar-refractivity contribution is 0.629. The molecule has 0 fully saturated rings. The van der Waals surface area contributed by atoms with Gasteiger partial charge in [-0.2, -0.15) is 0 Å². The Morgan fingerprint density at radius 3 is 2.92 bits per heavy atom. The SMILES string of the molecule is CNCNc1cc(Br)ccc1F. The summed E-state index contributed by atoms with van der Waals surface area (Å²) in [5.74, 6) is -0.242. The minimum atomic E-state index is -0.242. The second-order valence-corrected chi connectivity index (χ2v) is 3.25. The van der Waals surface area contributed by atoms with Crippen molar-refractivity contribution < 1.29 is 4.39 Å². The summed E-state index contributed by atoms with van der Waals surface area (Å²) in [6.45, 7) is 0.549. The zero-order valence-corrected chi connectivity index (χ0v) is 8.28. The summed E-state index contributed by atoms with van der Waals surface area (Å²) in [5.41, 5.74) is 0.499. The Morgan fingerprint density at radius 1 is 1.50 bits per heavy atom. The van der Waals surface area contributed by atoms with Crippen molar-refractivity contribution in [2.24, 2.45) is 0 Å². The number of halogens is 2. The maximum atomic E-state index is 13.0. The van der Waals surface area contributed by atoms with Gasteiger partial charge in [-0.15, -0.1) is 0 Å². The quantitative estimate of drug-likeness (QED) is 0.782. The van der Waals surface area contributed by atoms with Crippen molar-refractivity contribution in [1.29, 1.82) is 0 Å². The molecular weight excluding hydrogens is 223 g/mol. The van der Waals surface area contributed by atoms with Crippen LogP contribution >= 0.6 is 15.9 Å². The zero-order valence-electron chi connectivity index (χ0n) is 6.70. The van der Waals surface area contributed by atoms with Crippen LogP contribution in [0.2, 0.25) is 0 Å². The second kappa shape index (κ2) is 4.42. The Morgan fingerprint density at radius 2 is 2.25 bits per heavy atom. The molecule has 0 amide bonds. The highest BCUT2D eigenvalue weighted by Gasteiger charge is 1.99. The van der Waals surface area contributed by atoms with Crippen LogP contribution in [0.1, 0.15) is 0 Å². The molecule has 0 heterocycles. The predicted molar refractivity (Wildman–Crippen MR) is 51.6 cm³/mol. The van der Waals surface area contributed by atoms with Gasteiger partial charge in [0.05, 0.1) is 12.4 Å². The molecule has 0 atom stereocenters. The van der Waals surface area contributed by atoms with Crippen LogP contribution in [0, 0.1) is 5.82 Å². The molecule has 4 heteroatoms. The largest absolute Gasteiger partial charge is 0.370 e. The fraction of sp³-hybridized carbons (Fsp3) is 0.250. The first-order valence-electron chi connectivity index (χ1n) is 3.57. The molecule has 66 valence electrons. The van der Waals surface area contributed by atoms with E-state index in [0.717, 1.165) is 4.47 Å². The number of rotatable bonds is 3. The summed E-state index contributed by atoms with van der Waals surface area (Å²) in [7, 11) is 1.79. The third-order valence-corrected chi connectivity index (χ3v) is 1.88.